The van der Waals surface area contributed by atoms with Crippen LogP contribution < -0.4 is 15.5 Å². The topological polar surface area (TPSA) is 126 Å². The van der Waals surface area contributed by atoms with E-state index >= 15 is 0 Å². The van der Waals surface area contributed by atoms with Gasteiger partial charge >= 0.3 is 5.97 Å². The molecule has 0 radical (unpaired) electrons. The van der Waals surface area contributed by atoms with Crippen LogP contribution in [0, 0.1) is 13.8 Å². The number of carbonyl (C=O) groups is 2. The van der Waals surface area contributed by atoms with Crippen molar-refractivity contribution < 1.29 is 34.4 Å². The second-order valence-electron chi connectivity index (χ2n) is 8.90. The number of rotatable bonds is 11. The fourth-order valence-corrected chi connectivity index (χ4v) is 3.86. The molecule has 0 fully saturated rings. The summed E-state index contributed by atoms with van der Waals surface area (Å²) in [6.07, 6.45) is 0. The molecule has 0 aliphatic heterocycles. The number of benzene rings is 4. The molecule has 4 aromatic carbocycles. The van der Waals surface area contributed by atoms with Gasteiger partial charge < -0.3 is 15.2 Å². The Balaban J connectivity index is 1.30. The first kappa shape index (κ1) is 27.3. The average molecular weight is 529 g/mol. The Hall–Kier alpha value is -4.70. The lowest BCUT2D eigenvalue weighted by atomic mass is 10.0. The molecular weight excluding hydrogens is 500 g/mol. The highest BCUT2D eigenvalue weighted by atomic mass is 17.1. The number of aromatic carboxylic acids is 1. The van der Waals surface area contributed by atoms with Crippen molar-refractivity contribution in [3.63, 3.8) is 0 Å². The normalized spacial score (nSPS) is 10.6. The second-order valence-corrected chi connectivity index (χ2v) is 8.90. The summed E-state index contributed by atoms with van der Waals surface area (Å²) < 4.78 is 5.87. The molecule has 0 aromatic heterocycles. The highest BCUT2D eigenvalue weighted by Crippen LogP contribution is 2.25. The van der Waals surface area contributed by atoms with Crippen molar-refractivity contribution in [2.24, 2.45) is 0 Å². The van der Waals surface area contributed by atoms with Crippen LogP contribution >= 0.6 is 0 Å². The fourth-order valence-electron chi connectivity index (χ4n) is 3.86. The predicted molar refractivity (Wildman–Crippen MR) is 146 cm³/mol. The van der Waals surface area contributed by atoms with E-state index in [1.165, 1.54) is 12.1 Å². The van der Waals surface area contributed by atoms with Gasteiger partial charge in [-0.05, 0) is 85.6 Å². The Morgan fingerprint density at radius 2 is 1.33 bits per heavy atom. The van der Waals surface area contributed by atoms with Gasteiger partial charge in [0.15, 0.2) is 0 Å². The lowest BCUT2D eigenvalue weighted by Crippen LogP contribution is -2.16. The molecular formula is C30H28N2O7. The minimum Gasteiger partial charge on any atom is -0.478 e. The molecule has 0 unspecified atom stereocenters. The molecule has 1 amide bonds. The number of hydrogen-bond acceptors (Lipinski definition) is 7. The monoisotopic (exact) mass is 528 g/mol. The van der Waals surface area contributed by atoms with E-state index in [0.717, 1.165) is 27.9 Å². The van der Waals surface area contributed by atoms with Gasteiger partial charge in [-0.1, -0.05) is 35.4 Å². The van der Waals surface area contributed by atoms with E-state index in [1.54, 1.807) is 61.5 Å². The highest BCUT2D eigenvalue weighted by molar-refractivity contribution is 6.10. The Morgan fingerprint density at radius 1 is 0.718 bits per heavy atom. The highest BCUT2D eigenvalue weighted by Gasteiger charge is 2.17. The van der Waals surface area contributed by atoms with Gasteiger partial charge in [0, 0.05) is 5.69 Å². The molecule has 0 saturated carbocycles. The van der Waals surface area contributed by atoms with Gasteiger partial charge in [-0.25, -0.2) is 9.68 Å². The maximum absolute atomic E-state index is 12.6. The van der Waals surface area contributed by atoms with Crippen LogP contribution in [0.15, 0.2) is 84.9 Å². The minimum absolute atomic E-state index is 0.0491. The van der Waals surface area contributed by atoms with E-state index < -0.39 is 11.9 Å². The third-order valence-corrected chi connectivity index (χ3v) is 5.85. The van der Waals surface area contributed by atoms with Crippen LogP contribution in [0.5, 0.6) is 11.5 Å². The van der Waals surface area contributed by atoms with Crippen LogP contribution in [0.2, 0.25) is 0 Å². The van der Waals surface area contributed by atoms with Gasteiger partial charge in [-0.15, -0.1) is 0 Å². The van der Waals surface area contributed by atoms with E-state index in [9.17, 15) is 14.7 Å². The standard InChI is InChI=1S/C30H28N2O7/c1-19-3-5-21(22(15-19)18-38-36)17-37-32-24-8-12-26(13-9-24)39-25-10-6-23(7-11-25)31-29(33)27-14-4-20(2)16-28(27)30(34)35/h3-16,32,36H,17-18H2,1-2H3,(H,31,33)(H,34,35). The Labute approximate surface area is 225 Å². The van der Waals surface area contributed by atoms with E-state index in [0.29, 0.717) is 17.2 Å². The fraction of sp³-hybridized carbons (Fsp3) is 0.133. The molecule has 0 heterocycles. The molecule has 39 heavy (non-hydrogen) atoms. The Morgan fingerprint density at radius 3 is 1.97 bits per heavy atom. The number of aryl methyl sites for hydroxylation is 2. The van der Waals surface area contributed by atoms with Gasteiger partial charge in [0.1, 0.15) is 18.1 Å². The first-order chi connectivity index (χ1) is 18.8. The molecule has 0 spiro atoms. The lowest BCUT2D eigenvalue weighted by molar-refractivity contribution is -0.253. The van der Waals surface area contributed by atoms with Crippen LogP contribution in [0.25, 0.3) is 0 Å². The zero-order valence-corrected chi connectivity index (χ0v) is 21.4. The van der Waals surface area contributed by atoms with Crippen molar-refractivity contribution in [3.8, 4) is 11.5 Å². The smallest absolute Gasteiger partial charge is 0.336 e. The molecule has 0 atom stereocenters. The Bertz CT molecular complexity index is 1450. The first-order valence-corrected chi connectivity index (χ1v) is 12.1. The van der Waals surface area contributed by atoms with Gasteiger partial charge in [0.05, 0.1) is 23.4 Å². The van der Waals surface area contributed by atoms with Gasteiger partial charge in [-0.2, -0.15) is 0 Å². The summed E-state index contributed by atoms with van der Waals surface area (Å²) >= 11 is 0. The molecule has 0 aliphatic rings. The molecule has 0 aliphatic carbocycles. The van der Waals surface area contributed by atoms with Gasteiger partial charge in [0.25, 0.3) is 5.91 Å². The molecule has 9 heteroatoms. The summed E-state index contributed by atoms with van der Waals surface area (Å²) in [6, 6.07) is 24.4. The van der Waals surface area contributed by atoms with Crippen LogP contribution in [-0.2, 0) is 22.9 Å². The number of hydrogen-bond donors (Lipinski definition) is 4. The number of anilines is 2. The summed E-state index contributed by atoms with van der Waals surface area (Å²) in [4.78, 5) is 34.0. The largest absolute Gasteiger partial charge is 0.478 e. The number of ether oxygens (including phenoxy) is 1. The summed E-state index contributed by atoms with van der Waals surface area (Å²) in [7, 11) is 0. The number of carbonyl (C=O) groups excluding carboxylic acids is 1. The summed E-state index contributed by atoms with van der Waals surface area (Å²) in [5.74, 6) is -0.505. The van der Waals surface area contributed by atoms with E-state index in [4.69, 9.17) is 14.8 Å². The molecule has 0 bridgehead atoms. The van der Waals surface area contributed by atoms with Crippen molar-refractivity contribution in [2.75, 3.05) is 10.8 Å². The Kier molecular flexibility index (Phi) is 8.90. The third-order valence-electron chi connectivity index (χ3n) is 5.85. The lowest BCUT2D eigenvalue weighted by Gasteiger charge is -2.12. The number of carboxylic acids is 1. The van der Waals surface area contributed by atoms with Crippen LogP contribution in [0.4, 0.5) is 11.4 Å². The molecule has 4 N–H and O–H groups in total. The first-order valence-electron chi connectivity index (χ1n) is 12.1. The molecule has 9 nitrogen and oxygen atoms in total. The van der Waals surface area contributed by atoms with Gasteiger partial charge in [-0.3, -0.25) is 20.4 Å². The molecule has 4 rings (SSSR count). The van der Waals surface area contributed by atoms with E-state index in [1.807, 2.05) is 25.1 Å². The van der Waals surface area contributed by atoms with Crippen LogP contribution in [-0.4, -0.2) is 22.2 Å². The average Bonchev–Trinajstić information content (AvgIpc) is 2.92. The zero-order chi connectivity index (χ0) is 27.8. The quantitative estimate of drug-likeness (QED) is 0.127. The van der Waals surface area contributed by atoms with Crippen molar-refractivity contribution in [2.45, 2.75) is 27.1 Å². The number of amides is 1. The number of nitrogens with one attached hydrogen (secondary N) is 2. The molecule has 4 aromatic rings. The number of carboxylic acid groups (broad SMARTS) is 1. The predicted octanol–water partition coefficient (Wildman–Crippen LogP) is 6.58. The van der Waals surface area contributed by atoms with Crippen molar-refractivity contribution >= 4 is 23.3 Å². The van der Waals surface area contributed by atoms with Crippen molar-refractivity contribution in [1.82, 2.24) is 0 Å². The molecule has 0 saturated heterocycles. The van der Waals surface area contributed by atoms with Crippen molar-refractivity contribution in [3.05, 3.63) is 118 Å². The second kappa shape index (κ2) is 12.7. The third kappa shape index (κ3) is 7.42. The van der Waals surface area contributed by atoms with E-state index in [2.05, 4.69) is 15.7 Å². The summed E-state index contributed by atoms with van der Waals surface area (Å²) in [5, 5.41) is 20.9. The van der Waals surface area contributed by atoms with Crippen molar-refractivity contribution in [1.29, 1.82) is 0 Å². The van der Waals surface area contributed by atoms with Crippen LogP contribution in [0.1, 0.15) is 43.0 Å². The SMILES string of the molecule is Cc1ccc(CONc2ccc(Oc3ccc(NC(=O)c4ccc(C)cc4C(=O)O)cc3)cc2)c(COO)c1. The van der Waals surface area contributed by atoms with Gasteiger partial charge in [0.2, 0.25) is 0 Å². The summed E-state index contributed by atoms with van der Waals surface area (Å²) in [6.45, 7) is 4.09. The minimum atomic E-state index is -1.16. The molecule has 200 valence electrons. The maximum Gasteiger partial charge on any atom is 0.336 e. The zero-order valence-electron chi connectivity index (χ0n) is 21.4. The summed E-state index contributed by atoms with van der Waals surface area (Å²) in [5.41, 5.74) is 7.70. The van der Waals surface area contributed by atoms with E-state index in [-0.39, 0.29) is 24.3 Å². The maximum atomic E-state index is 12.6. The van der Waals surface area contributed by atoms with Crippen LogP contribution in [0.3, 0.4) is 0 Å².